The Morgan fingerprint density at radius 3 is 2.18 bits per heavy atom. The van der Waals surface area contributed by atoms with E-state index in [2.05, 4.69) is 4.99 Å². The van der Waals surface area contributed by atoms with Crippen LogP contribution in [0, 0.1) is 10.1 Å². The van der Waals surface area contributed by atoms with Crippen LogP contribution >= 0.6 is 23.2 Å². The highest BCUT2D eigenvalue weighted by atomic mass is 35.5. The second-order valence-corrected chi connectivity index (χ2v) is 7.41. The number of nitrogens with zero attached hydrogens (tertiary/aromatic N) is 1. The monoisotopic (exact) mass is 498 g/mol. The number of rotatable bonds is 3. The van der Waals surface area contributed by atoms with E-state index in [1.807, 2.05) is 42.5 Å². The Morgan fingerprint density at radius 1 is 0.909 bits per heavy atom. The fourth-order valence-electron chi connectivity index (χ4n) is 2.88. The minimum absolute atomic E-state index is 0.0883. The fourth-order valence-corrected chi connectivity index (χ4v) is 3.19. The van der Waals surface area contributed by atoms with Gasteiger partial charge in [-0.25, -0.2) is 4.99 Å². The van der Waals surface area contributed by atoms with E-state index in [9.17, 15) is 27.4 Å². The van der Waals surface area contributed by atoms with E-state index >= 15 is 0 Å². The lowest BCUT2D eigenvalue weighted by molar-refractivity contribution is -0.405. The SMILES string of the molecule is F[B-](F)(F)F.O=[N+]([O-])c1cc([NH+]=c2cc(-c3ccc(Cl)cc3)oc3ccccc23)ccc1Cl. The first-order valence-electron chi connectivity index (χ1n) is 9.21. The van der Waals surface area contributed by atoms with Gasteiger partial charge in [-0.05, 0) is 42.5 Å². The molecule has 4 rings (SSSR count). The van der Waals surface area contributed by atoms with Crippen molar-refractivity contribution >= 4 is 52.8 Å². The summed E-state index contributed by atoms with van der Waals surface area (Å²) in [5.74, 6) is 0.640. The van der Waals surface area contributed by atoms with E-state index in [0.29, 0.717) is 22.1 Å². The molecule has 0 unspecified atom stereocenters. The Bertz CT molecular complexity index is 1370. The van der Waals surface area contributed by atoms with Crippen LogP contribution < -0.4 is 10.3 Å². The molecule has 1 heterocycles. The third-order valence-corrected chi connectivity index (χ3v) is 4.79. The maximum atomic E-state index is 11.2. The summed E-state index contributed by atoms with van der Waals surface area (Å²) in [5, 5.41) is 13.5. The number of para-hydroxylation sites is 1. The van der Waals surface area contributed by atoms with Crippen LogP contribution in [0.3, 0.4) is 0 Å². The summed E-state index contributed by atoms with van der Waals surface area (Å²) in [5.41, 5.74) is 1.94. The van der Waals surface area contributed by atoms with Gasteiger partial charge in [-0.1, -0.05) is 35.3 Å². The summed E-state index contributed by atoms with van der Waals surface area (Å²) in [6.07, 6.45) is 0. The van der Waals surface area contributed by atoms with Gasteiger partial charge >= 0.3 is 7.25 Å². The zero-order valence-electron chi connectivity index (χ0n) is 16.4. The van der Waals surface area contributed by atoms with Crippen LogP contribution in [0.2, 0.25) is 10.0 Å². The van der Waals surface area contributed by atoms with Gasteiger partial charge in [0.05, 0.1) is 22.4 Å². The third-order valence-electron chi connectivity index (χ3n) is 4.22. The first-order valence-corrected chi connectivity index (χ1v) is 9.97. The van der Waals surface area contributed by atoms with Crippen LogP contribution in [0.25, 0.3) is 22.3 Å². The van der Waals surface area contributed by atoms with Gasteiger partial charge in [0.1, 0.15) is 16.4 Å². The van der Waals surface area contributed by atoms with Crippen molar-refractivity contribution in [2.45, 2.75) is 0 Å². The van der Waals surface area contributed by atoms with E-state index in [0.717, 1.165) is 16.3 Å². The third kappa shape index (κ3) is 6.81. The number of halogens is 6. The van der Waals surface area contributed by atoms with Gasteiger partial charge in [0.2, 0.25) is 11.0 Å². The van der Waals surface area contributed by atoms with E-state index in [4.69, 9.17) is 27.6 Å². The van der Waals surface area contributed by atoms with E-state index in [-0.39, 0.29) is 10.7 Å². The number of nitro benzene ring substituents is 1. The largest absolute Gasteiger partial charge is 0.673 e. The van der Waals surface area contributed by atoms with Gasteiger partial charge in [0, 0.05) is 16.7 Å². The maximum Gasteiger partial charge on any atom is 0.673 e. The topological polar surface area (TPSA) is 70.2 Å². The minimum atomic E-state index is -6.00. The summed E-state index contributed by atoms with van der Waals surface area (Å²) >= 11 is 11.9. The quantitative estimate of drug-likeness (QED) is 0.165. The number of nitro groups is 1. The van der Waals surface area contributed by atoms with Crippen molar-refractivity contribution in [2.75, 3.05) is 0 Å². The van der Waals surface area contributed by atoms with Crippen LogP contribution in [-0.2, 0) is 0 Å². The number of hydrogen-bond donors (Lipinski definition) is 1. The molecule has 0 aliphatic carbocycles. The molecule has 1 aromatic heterocycles. The molecule has 0 saturated heterocycles. The van der Waals surface area contributed by atoms with Crippen molar-refractivity contribution in [3.8, 4) is 11.3 Å². The summed E-state index contributed by atoms with van der Waals surface area (Å²) in [6, 6.07) is 21.3. The molecule has 0 radical (unpaired) electrons. The zero-order chi connectivity index (χ0) is 24.2. The molecule has 0 bridgehead atoms. The molecule has 0 atom stereocenters. The Hall–Kier alpha value is -3.37. The van der Waals surface area contributed by atoms with Crippen molar-refractivity contribution in [3.05, 3.63) is 98.3 Å². The molecule has 0 amide bonds. The minimum Gasteiger partial charge on any atom is -0.456 e. The molecule has 0 saturated carbocycles. The van der Waals surface area contributed by atoms with Gasteiger partial charge in [0.25, 0.3) is 5.69 Å². The smallest absolute Gasteiger partial charge is 0.456 e. The maximum absolute atomic E-state index is 11.2. The summed E-state index contributed by atoms with van der Waals surface area (Å²) in [7, 11) is -6.00. The highest BCUT2D eigenvalue weighted by Gasteiger charge is 2.20. The fraction of sp³-hybridized carbons (Fsp3) is 0. The molecule has 33 heavy (non-hydrogen) atoms. The summed E-state index contributed by atoms with van der Waals surface area (Å²) in [4.78, 5) is 13.9. The van der Waals surface area contributed by atoms with E-state index in [1.54, 1.807) is 18.2 Å². The van der Waals surface area contributed by atoms with Crippen LogP contribution in [0.4, 0.5) is 28.6 Å². The average Bonchev–Trinajstić information content (AvgIpc) is 2.74. The number of hydrogen-bond acceptors (Lipinski definition) is 3. The van der Waals surface area contributed by atoms with Crippen molar-refractivity contribution in [1.82, 2.24) is 0 Å². The normalized spacial score (nSPS) is 11.8. The first kappa shape index (κ1) is 24.3. The second kappa shape index (κ2) is 10.1. The van der Waals surface area contributed by atoms with Crippen molar-refractivity contribution in [2.24, 2.45) is 0 Å². The molecule has 3 aromatic carbocycles. The van der Waals surface area contributed by atoms with Gasteiger partial charge in [0.15, 0.2) is 0 Å². The number of benzene rings is 3. The number of fused-ring (bicyclic) bond motifs is 1. The molecule has 4 aromatic rings. The van der Waals surface area contributed by atoms with Crippen LogP contribution in [0.15, 0.2) is 77.2 Å². The lowest BCUT2D eigenvalue weighted by Gasteiger charge is -2.03. The zero-order valence-corrected chi connectivity index (χ0v) is 18.0. The predicted molar refractivity (Wildman–Crippen MR) is 119 cm³/mol. The molecular formula is C21H13BCl2F4N2O3. The van der Waals surface area contributed by atoms with Crippen LogP contribution in [-0.4, -0.2) is 12.2 Å². The molecule has 0 fully saturated rings. The highest BCUT2D eigenvalue weighted by Crippen LogP contribution is 2.26. The lowest BCUT2D eigenvalue weighted by Crippen LogP contribution is -2.70. The van der Waals surface area contributed by atoms with Gasteiger partial charge in [-0.15, -0.1) is 0 Å². The molecule has 0 aliphatic rings. The summed E-state index contributed by atoms with van der Waals surface area (Å²) in [6.45, 7) is 0. The van der Waals surface area contributed by atoms with Crippen LogP contribution in [0.1, 0.15) is 0 Å². The molecule has 5 nitrogen and oxygen atoms in total. The highest BCUT2D eigenvalue weighted by molar-refractivity contribution is 6.50. The van der Waals surface area contributed by atoms with Gasteiger partial charge in [-0.3, -0.25) is 10.1 Å². The number of nitrogens with one attached hydrogen (secondary N) is 1. The van der Waals surface area contributed by atoms with E-state index in [1.165, 1.54) is 12.1 Å². The Morgan fingerprint density at radius 2 is 1.55 bits per heavy atom. The van der Waals surface area contributed by atoms with Crippen molar-refractivity contribution < 1.29 is 31.6 Å². The molecule has 0 aliphatic heterocycles. The summed E-state index contributed by atoms with van der Waals surface area (Å²) < 4.78 is 45.0. The molecule has 0 spiro atoms. The standard InChI is InChI=1S/C21H12Cl2N2O3.BF4/c22-14-7-5-13(6-8-14)21-12-18(16-3-1-2-4-20(16)28-21)24-15-9-10-17(23)19(11-15)25(26)27;2-1(3,4)5/h1-12H;/q;-1/p+1. The molecule has 170 valence electrons. The van der Waals surface area contributed by atoms with Crippen LogP contribution in [0.5, 0.6) is 0 Å². The predicted octanol–water partition coefficient (Wildman–Crippen LogP) is 5.93. The Labute approximate surface area is 194 Å². The average molecular weight is 499 g/mol. The van der Waals surface area contributed by atoms with Crippen molar-refractivity contribution in [1.29, 1.82) is 0 Å². The molecule has 1 N–H and O–H groups in total. The van der Waals surface area contributed by atoms with E-state index < -0.39 is 12.2 Å². The van der Waals surface area contributed by atoms with Gasteiger partial charge < -0.3 is 21.7 Å². The lowest BCUT2D eigenvalue weighted by atomic mass is 10.1. The molecular weight excluding hydrogens is 486 g/mol. The van der Waals surface area contributed by atoms with Gasteiger partial charge in [-0.2, -0.15) is 0 Å². The molecule has 12 heteroatoms. The Balaban J connectivity index is 0.000000555. The Kier molecular flexibility index (Phi) is 7.40. The van der Waals surface area contributed by atoms with Crippen molar-refractivity contribution in [3.63, 3.8) is 0 Å². The first-order chi connectivity index (χ1) is 15.5. The second-order valence-electron chi connectivity index (χ2n) is 6.57.